The van der Waals surface area contributed by atoms with Crippen molar-refractivity contribution >= 4 is 17.7 Å². The van der Waals surface area contributed by atoms with Crippen LogP contribution in [0.15, 0.2) is 54.6 Å². The molecule has 0 fully saturated rings. The molecule has 31 heavy (non-hydrogen) atoms. The summed E-state index contributed by atoms with van der Waals surface area (Å²) in [6.07, 6.45) is -0.578. The van der Waals surface area contributed by atoms with Crippen LogP contribution < -0.4 is 15.5 Å². The summed E-state index contributed by atoms with van der Waals surface area (Å²) in [5.74, 6) is -0.776. The second kappa shape index (κ2) is 11.2. The smallest absolute Gasteiger partial charge is 0.412 e. The van der Waals surface area contributed by atoms with Crippen LogP contribution in [-0.2, 0) is 14.3 Å². The lowest BCUT2D eigenvalue weighted by Gasteiger charge is -2.25. The van der Waals surface area contributed by atoms with Gasteiger partial charge in [0.2, 0.25) is 0 Å². The van der Waals surface area contributed by atoms with Gasteiger partial charge in [-0.3, -0.25) is 15.3 Å². The molecule has 4 N–H and O–H groups in total. The third-order valence-electron chi connectivity index (χ3n) is 4.14. The number of aromatic hydroxyl groups is 1. The van der Waals surface area contributed by atoms with Crippen molar-refractivity contribution in [3.05, 3.63) is 65.7 Å². The maximum atomic E-state index is 12.5. The van der Waals surface area contributed by atoms with Crippen molar-refractivity contribution in [2.75, 3.05) is 19.5 Å². The first-order valence-electron chi connectivity index (χ1n) is 8.91. The number of phenols is 1. The predicted molar refractivity (Wildman–Crippen MR) is 109 cm³/mol. The highest BCUT2D eigenvalue weighted by molar-refractivity contribution is 5.86. The molecule has 10 heteroatoms. The van der Waals surface area contributed by atoms with Crippen molar-refractivity contribution in [1.82, 2.24) is 5.48 Å². The van der Waals surface area contributed by atoms with Crippen LogP contribution in [0, 0.1) is 11.3 Å². The number of phenolic OH excluding ortho intramolecular Hbond substituents is 1. The summed E-state index contributed by atoms with van der Waals surface area (Å²) in [5, 5.41) is 30.2. The standard InChI is InChI=1S/C21H21N3O7/c1-29-17-8-5-14(11-16(17)25)20(18(30-2)9-10-19(26)24-28)31-21(27)23-15-6-3-13(12-22)4-7-15/h3-11,18,20,25,28H,1-2H3,(H,23,27)(H,24,26)/b10-9+/t18-,20-/m1/s1. The number of amides is 2. The monoisotopic (exact) mass is 427 g/mol. The molecule has 2 amide bonds. The van der Waals surface area contributed by atoms with Gasteiger partial charge in [-0.2, -0.15) is 5.26 Å². The maximum Gasteiger partial charge on any atom is 0.412 e. The van der Waals surface area contributed by atoms with E-state index in [2.05, 4.69) is 5.32 Å². The second-order valence-corrected chi connectivity index (χ2v) is 6.11. The van der Waals surface area contributed by atoms with E-state index in [1.54, 1.807) is 6.07 Å². The van der Waals surface area contributed by atoms with Gasteiger partial charge in [-0.15, -0.1) is 0 Å². The lowest BCUT2D eigenvalue weighted by molar-refractivity contribution is -0.124. The molecule has 0 heterocycles. The molecule has 0 aliphatic carbocycles. The van der Waals surface area contributed by atoms with Crippen LogP contribution in [0.3, 0.4) is 0 Å². The number of carbonyl (C=O) groups is 2. The lowest BCUT2D eigenvalue weighted by Crippen LogP contribution is -2.27. The van der Waals surface area contributed by atoms with Gasteiger partial charge >= 0.3 is 6.09 Å². The van der Waals surface area contributed by atoms with Gasteiger partial charge in [0.15, 0.2) is 17.6 Å². The Morgan fingerprint density at radius 2 is 1.87 bits per heavy atom. The summed E-state index contributed by atoms with van der Waals surface area (Å²) in [5.41, 5.74) is 2.63. The number of rotatable bonds is 8. The molecule has 0 bridgehead atoms. The molecular weight excluding hydrogens is 406 g/mol. The summed E-state index contributed by atoms with van der Waals surface area (Å²) >= 11 is 0. The summed E-state index contributed by atoms with van der Waals surface area (Å²) in [6, 6.07) is 12.5. The van der Waals surface area contributed by atoms with Crippen LogP contribution in [0.1, 0.15) is 17.2 Å². The van der Waals surface area contributed by atoms with Crippen LogP contribution in [0.5, 0.6) is 11.5 Å². The average molecular weight is 427 g/mol. The number of nitrogens with zero attached hydrogens (tertiary/aromatic N) is 1. The minimum Gasteiger partial charge on any atom is -0.504 e. The zero-order chi connectivity index (χ0) is 22.8. The van der Waals surface area contributed by atoms with Crippen LogP contribution in [-0.4, -0.2) is 42.6 Å². The van der Waals surface area contributed by atoms with E-state index in [9.17, 15) is 14.7 Å². The number of nitrogens with one attached hydrogen (secondary N) is 2. The van der Waals surface area contributed by atoms with E-state index in [1.165, 1.54) is 62.2 Å². The molecule has 0 unspecified atom stereocenters. The van der Waals surface area contributed by atoms with Gasteiger partial charge in [-0.05, 0) is 48.0 Å². The molecule has 2 aromatic rings. The average Bonchev–Trinajstić information content (AvgIpc) is 2.78. The first kappa shape index (κ1) is 23.2. The summed E-state index contributed by atoms with van der Waals surface area (Å²) in [7, 11) is 2.73. The molecule has 0 aliphatic heterocycles. The molecule has 2 atom stereocenters. The van der Waals surface area contributed by atoms with Gasteiger partial charge in [-0.25, -0.2) is 10.3 Å². The number of nitriles is 1. The second-order valence-electron chi connectivity index (χ2n) is 6.11. The lowest BCUT2D eigenvalue weighted by atomic mass is 10.0. The summed E-state index contributed by atoms with van der Waals surface area (Å²) in [6.45, 7) is 0. The van der Waals surface area contributed by atoms with E-state index in [1.807, 2.05) is 6.07 Å². The highest BCUT2D eigenvalue weighted by Gasteiger charge is 2.27. The van der Waals surface area contributed by atoms with Crippen molar-refractivity contribution in [3.63, 3.8) is 0 Å². The zero-order valence-corrected chi connectivity index (χ0v) is 16.7. The number of benzene rings is 2. The summed E-state index contributed by atoms with van der Waals surface area (Å²) < 4.78 is 15.9. The highest BCUT2D eigenvalue weighted by Crippen LogP contribution is 2.33. The molecular formula is C21H21N3O7. The molecule has 0 saturated carbocycles. The van der Waals surface area contributed by atoms with E-state index in [4.69, 9.17) is 24.7 Å². The third kappa shape index (κ3) is 6.46. The molecule has 2 rings (SSSR count). The Hall–Kier alpha value is -4.07. The zero-order valence-electron chi connectivity index (χ0n) is 16.7. The number of hydroxylamine groups is 1. The highest BCUT2D eigenvalue weighted by atomic mass is 16.6. The van der Waals surface area contributed by atoms with Crippen LogP contribution in [0.4, 0.5) is 10.5 Å². The first-order chi connectivity index (χ1) is 14.9. The largest absolute Gasteiger partial charge is 0.504 e. The first-order valence-corrected chi connectivity index (χ1v) is 8.91. The van der Waals surface area contributed by atoms with Crippen molar-refractivity contribution in [2.24, 2.45) is 0 Å². The van der Waals surface area contributed by atoms with Crippen molar-refractivity contribution in [1.29, 1.82) is 5.26 Å². The summed E-state index contributed by atoms with van der Waals surface area (Å²) in [4.78, 5) is 23.8. The van der Waals surface area contributed by atoms with E-state index in [-0.39, 0.29) is 11.5 Å². The van der Waals surface area contributed by atoms with E-state index < -0.39 is 24.2 Å². The fraction of sp³-hybridized carbons (Fsp3) is 0.190. The Balaban J connectivity index is 2.30. The van der Waals surface area contributed by atoms with Gasteiger partial charge in [-0.1, -0.05) is 6.07 Å². The normalized spacial score (nSPS) is 12.5. The number of carbonyl (C=O) groups excluding carboxylic acids is 2. The number of methoxy groups -OCH3 is 2. The molecule has 0 aliphatic rings. The molecule has 162 valence electrons. The van der Waals surface area contributed by atoms with Crippen LogP contribution in [0.2, 0.25) is 0 Å². The fourth-order valence-corrected chi connectivity index (χ4v) is 2.62. The fourth-order valence-electron chi connectivity index (χ4n) is 2.62. The topological polar surface area (TPSA) is 150 Å². The van der Waals surface area contributed by atoms with Gasteiger partial charge in [0, 0.05) is 18.9 Å². The predicted octanol–water partition coefficient (Wildman–Crippen LogP) is 2.64. The quantitative estimate of drug-likeness (QED) is 0.285. The van der Waals surface area contributed by atoms with Crippen LogP contribution >= 0.6 is 0 Å². The molecule has 10 nitrogen and oxygen atoms in total. The van der Waals surface area contributed by atoms with E-state index in [0.717, 1.165) is 6.08 Å². The van der Waals surface area contributed by atoms with Gasteiger partial charge in [0.1, 0.15) is 6.10 Å². The number of anilines is 1. The third-order valence-corrected chi connectivity index (χ3v) is 4.14. The minimum atomic E-state index is -1.08. The van der Waals surface area contributed by atoms with Gasteiger partial charge < -0.3 is 19.3 Å². The Labute approximate surface area is 178 Å². The SMILES string of the molecule is COc1ccc([C@@H](OC(=O)Nc2ccc(C#N)cc2)[C@@H](/C=C/C(=O)NO)OC)cc1O. The van der Waals surface area contributed by atoms with E-state index >= 15 is 0 Å². The Kier molecular flexibility index (Phi) is 8.39. The van der Waals surface area contributed by atoms with E-state index in [0.29, 0.717) is 16.8 Å². The molecule has 0 spiro atoms. The number of hydrogen-bond donors (Lipinski definition) is 4. The Morgan fingerprint density at radius 3 is 2.42 bits per heavy atom. The van der Waals surface area contributed by atoms with Crippen molar-refractivity contribution in [2.45, 2.75) is 12.2 Å². The molecule has 0 radical (unpaired) electrons. The van der Waals surface area contributed by atoms with Gasteiger partial charge in [0.25, 0.3) is 5.91 Å². The molecule has 0 aromatic heterocycles. The van der Waals surface area contributed by atoms with Crippen molar-refractivity contribution in [3.8, 4) is 17.6 Å². The van der Waals surface area contributed by atoms with Crippen LogP contribution in [0.25, 0.3) is 0 Å². The molecule has 2 aromatic carbocycles. The minimum absolute atomic E-state index is 0.187. The van der Waals surface area contributed by atoms with Gasteiger partial charge in [0.05, 0.1) is 18.7 Å². The van der Waals surface area contributed by atoms with Crippen molar-refractivity contribution < 1.29 is 34.1 Å². The number of hydrogen-bond acceptors (Lipinski definition) is 8. The Bertz CT molecular complexity index is 983. The maximum absolute atomic E-state index is 12.5. The number of ether oxygens (including phenoxy) is 3. The Morgan fingerprint density at radius 1 is 1.16 bits per heavy atom. The molecule has 0 saturated heterocycles.